The van der Waals surface area contributed by atoms with E-state index in [4.69, 9.17) is 5.73 Å². The lowest BCUT2D eigenvalue weighted by Gasteiger charge is -2.43. The average Bonchev–Trinajstić information content (AvgIpc) is 2.30. The number of nitrogens with zero attached hydrogens (tertiary/aromatic N) is 2. The first kappa shape index (κ1) is 12.3. The van der Waals surface area contributed by atoms with Gasteiger partial charge in [0.2, 0.25) is 0 Å². The summed E-state index contributed by atoms with van der Waals surface area (Å²) >= 11 is 0. The second kappa shape index (κ2) is 5.48. The first-order chi connectivity index (χ1) is 7.68. The predicted octanol–water partition coefficient (Wildman–Crippen LogP) is 1.53. The number of piperidine rings is 1. The normalized spacial score (nSPS) is 34.5. The summed E-state index contributed by atoms with van der Waals surface area (Å²) in [5.41, 5.74) is 6.26. The number of nitrogens with two attached hydrogens (primary N) is 1. The van der Waals surface area contributed by atoms with Gasteiger partial charge in [-0.2, -0.15) is 0 Å². The van der Waals surface area contributed by atoms with Crippen molar-refractivity contribution in [3.63, 3.8) is 0 Å². The van der Waals surface area contributed by atoms with Crippen LogP contribution in [0.1, 0.15) is 40.0 Å². The molecule has 0 aromatic carbocycles. The van der Waals surface area contributed by atoms with Crippen molar-refractivity contribution >= 4 is 0 Å². The molecular formula is C13H29N3. The highest BCUT2D eigenvalue weighted by molar-refractivity contribution is 4.89. The molecule has 2 N–H and O–H groups in total. The Balaban J connectivity index is 0.00000144. The molecule has 0 unspecified atom stereocenters. The van der Waals surface area contributed by atoms with Crippen LogP contribution >= 0.6 is 0 Å². The number of likely N-dealkylation sites (tertiary alicyclic amines) is 1. The van der Waals surface area contributed by atoms with Crippen LogP contribution in [-0.4, -0.2) is 55.1 Å². The topological polar surface area (TPSA) is 32.5 Å². The molecule has 2 fully saturated rings. The Morgan fingerprint density at radius 3 is 2.38 bits per heavy atom. The van der Waals surface area contributed by atoms with Crippen molar-refractivity contribution in [2.24, 2.45) is 5.73 Å². The first-order valence-corrected chi connectivity index (χ1v) is 6.84. The summed E-state index contributed by atoms with van der Waals surface area (Å²) in [4.78, 5) is 5.03. The number of rotatable bonds is 2. The first-order valence-electron chi connectivity index (χ1n) is 6.84. The van der Waals surface area contributed by atoms with E-state index in [1.54, 1.807) is 0 Å². The van der Waals surface area contributed by atoms with Crippen LogP contribution in [0.4, 0.5) is 0 Å². The highest BCUT2D eigenvalue weighted by Crippen LogP contribution is 2.25. The molecule has 0 amide bonds. The van der Waals surface area contributed by atoms with Crippen LogP contribution in [0.15, 0.2) is 0 Å². The standard InChI is InChI=1S/C13H27N3.H2/c1-15-9-7-11(8-10-15)16(2)13-6-4-3-5-12(13)14;/h11-13H,3-10,14H2,1-2H3;1H/t12-,13-;/m0./s1. The van der Waals surface area contributed by atoms with Crippen LogP contribution in [0.5, 0.6) is 0 Å². The Kier molecular flexibility index (Phi) is 4.22. The summed E-state index contributed by atoms with van der Waals surface area (Å²) in [6.45, 7) is 2.49. The Labute approximate surface area is 101 Å². The van der Waals surface area contributed by atoms with Gasteiger partial charge in [0.1, 0.15) is 0 Å². The van der Waals surface area contributed by atoms with Crippen molar-refractivity contribution in [3.8, 4) is 0 Å². The molecule has 1 saturated carbocycles. The van der Waals surface area contributed by atoms with Crippen LogP contribution in [-0.2, 0) is 0 Å². The third-order valence-corrected chi connectivity index (χ3v) is 4.57. The molecule has 2 rings (SSSR count). The van der Waals surface area contributed by atoms with Crippen molar-refractivity contribution in [3.05, 3.63) is 0 Å². The lowest BCUT2D eigenvalue weighted by atomic mass is 9.88. The van der Waals surface area contributed by atoms with E-state index in [9.17, 15) is 0 Å². The maximum atomic E-state index is 6.26. The van der Waals surface area contributed by atoms with Gasteiger partial charge in [-0.1, -0.05) is 12.8 Å². The molecule has 96 valence electrons. The van der Waals surface area contributed by atoms with Crippen molar-refractivity contribution in [1.82, 2.24) is 9.80 Å². The fraction of sp³-hybridized carbons (Fsp3) is 1.00. The number of hydrogen-bond donors (Lipinski definition) is 1. The van der Waals surface area contributed by atoms with E-state index in [0.717, 1.165) is 6.04 Å². The third-order valence-electron chi connectivity index (χ3n) is 4.57. The SMILES string of the molecule is CN1CCC(N(C)[C@H]2CCCC[C@@H]2N)CC1.[HH]. The van der Waals surface area contributed by atoms with Crippen LogP contribution in [0.25, 0.3) is 0 Å². The molecule has 2 atom stereocenters. The minimum Gasteiger partial charge on any atom is -0.326 e. The second-order valence-electron chi connectivity index (χ2n) is 5.72. The lowest BCUT2D eigenvalue weighted by Crippen LogP contribution is -2.53. The van der Waals surface area contributed by atoms with Gasteiger partial charge >= 0.3 is 0 Å². The Morgan fingerprint density at radius 2 is 1.75 bits per heavy atom. The van der Waals surface area contributed by atoms with Gasteiger partial charge in [0.05, 0.1) is 0 Å². The molecule has 0 bridgehead atoms. The molecule has 3 heteroatoms. The molecule has 1 aliphatic heterocycles. The highest BCUT2D eigenvalue weighted by Gasteiger charge is 2.30. The second-order valence-corrected chi connectivity index (χ2v) is 5.72. The van der Waals surface area contributed by atoms with E-state index in [1.807, 2.05) is 0 Å². The fourth-order valence-corrected chi connectivity index (χ4v) is 3.32. The van der Waals surface area contributed by atoms with Gasteiger partial charge in [0, 0.05) is 19.6 Å². The fourth-order valence-electron chi connectivity index (χ4n) is 3.32. The number of hydrogen-bond acceptors (Lipinski definition) is 3. The van der Waals surface area contributed by atoms with E-state index < -0.39 is 0 Å². The van der Waals surface area contributed by atoms with E-state index >= 15 is 0 Å². The predicted molar refractivity (Wildman–Crippen MR) is 70.6 cm³/mol. The highest BCUT2D eigenvalue weighted by atomic mass is 15.2. The zero-order valence-electron chi connectivity index (χ0n) is 10.9. The van der Waals surface area contributed by atoms with Crippen LogP contribution in [0.3, 0.4) is 0 Å². The molecule has 0 spiro atoms. The molecule has 1 heterocycles. The van der Waals surface area contributed by atoms with Crippen molar-refractivity contribution < 1.29 is 1.43 Å². The minimum absolute atomic E-state index is 0. The molecule has 3 nitrogen and oxygen atoms in total. The quantitative estimate of drug-likeness (QED) is 0.776. The molecule has 2 aliphatic rings. The minimum atomic E-state index is 0. The average molecular weight is 227 g/mol. The summed E-state index contributed by atoms with van der Waals surface area (Å²) in [6, 6.07) is 1.82. The summed E-state index contributed by atoms with van der Waals surface area (Å²) in [5, 5.41) is 0. The maximum Gasteiger partial charge on any atom is 0.0247 e. The van der Waals surface area contributed by atoms with Crippen LogP contribution in [0, 0.1) is 0 Å². The summed E-state index contributed by atoms with van der Waals surface area (Å²) < 4.78 is 0. The molecule has 1 saturated heterocycles. The molecule has 1 aliphatic carbocycles. The zero-order valence-corrected chi connectivity index (χ0v) is 10.9. The third kappa shape index (κ3) is 2.76. The molecule has 0 aromatic heterocycles. The Bertz CT molecular complexity index is 217. The van der Waals surface area contributed by atoms with Crippen molar-refractivity contribution in [2.45, 2.75) is 56.7 Å². The van der Waals surface area contributed by atoms with Gasteiger partial charge in [-0.05, 0) is 52.9 Å². The maximum absolute atomic E-state index is 6.26. The van der Waals surface area contributed by atoms with E-state index in [-0.39, 0.29) is 1.43 Å². The van der Waals surface area contributed by atoms with E-state index in [0.29, 0.717) is 12.1 Å². The van der Waals surface area contributed by atoms with Gasteiger partial charge in [0.15, 0.2) is 0 Å². The van der Waals surface area contributed by atoms with Gasteiger partial charge in [0.25, 0.3) is 0 Å². The van der Waals surface area contributed by atoms with Gasteiger partial charge in [-0.25, -0.2) is 0 Å². The summed E-state index contributed by atoms with van der Waals surface area (Å²) in [7, 11) is 4.52. The molecule has 0 aromatic rings. The molecule has 16 heavy (non-hydrogen) atoms. The van der Waals surface area contributed by atoms with Gasteiger partial charge in [-0.15, -0.1) is 0 Å². The lowest BCUT2D eigenvalue weighted by molar-refractivity contribution is 0.0781. The monoisotopic (exact) mass is 227 g/mol. The Hall–Kier alpha value is -0.120. The van der Waals surface area contributed by atoms with Gasteiger partial charge < -0.3 is 10.6 Å². The van der Waals surface area contributed by atoms with Crippen LogP contribution in [0.2, 0.25) is 0 Å². The van der Waals surface area contributed by atoms with E-state index in [1.165, 1.54) is 51.6 Å². The number of likely N-dealkylation sites (N-methyl/N-ethyl adjacent to an activating group) is 1. The van der Waals surface area contributed by atoms with Crippen molar-refractivity contribution in [1.29, 1.82) is 0 Å². The summed E-state index contributed by atoms with van der Waals surface area (Å²) in [6.07, 6.45) is 7.87. The smallest absolute Gasteiger partial charge is 0.0247 e. The molecule has 0 radical (unpaired) electrons. The summed E-state index contributed by atoms with van der Waals surface area (Å²) in [5.74, 6) is 0. The van der Waals surface area contributed by atoms with Crippen LogP contribution < -0.4 is 5.73 Å². The van der Waals surface area contributed by atoms with Gasteiger partial charge in [-0.3, -0.25) is 4.90 Å². The Morgan fingerprint density at radius 1 is 1.12 bits per heavy atom. The zero-order chi connectivity index (χ0) is 11.5. The van der Waals surface area contributed by atoms with Crippen molar-refractivity contribution in [2.75, 3.05) is 27.2 Å². The molecular weight excluding hydrogens is 198 g/mol. The van der Waals surface area contributed by atoms with E-state index in [2.05, 4.69) is 23.9 Å². The largest absolute Gasteiger partial charge is 0.326 e.